The highest BCUT2D eigenvalue weighted by Crippen LogP contribution is 2.15. The summed E-state index contributed by atoms with van der Waals surface area (Å²) in [4.78, 5) is 13.0. The van der Waals surface area contributed by atoms with Crippen LogP contribution in [0.15, 0.2) is 24.3 Å². The quantitative estimate of drug-likeness (QED) is 0.869. The molecule has 0 unspecified atom stereocenters. The van der Waals surface area contributed by atoms with E-state index in [-0.39, 0.29) is 5.91 Å². The van der Waals surface area contributed by atoms with E-state index in [1.54, 1.807) is 43.1 Å². The first-order valence-corrected chi connectivity index (χ1v) is 5.77. The number of ether oxygens (including phenoxy) is 1. The second-order valence-electron chi connectivity index (χ2n) is 3.85. The Hall–Kier alpha value is -1.26. The van der Waals surface area contributed by atoms with Crippen molar-refractivity contribution in [3.05, 3.63) is 29.3 Å². The molecule has 0 aliphatic heterocycles. The summed E-state index contributed by atoms with van der Waals surface area (Å²) in [6, 6.07) is 6.61. The number of likely N-dealkylation sites (N-methyl/N-ethyl adjacent to an activating group) is 1. The molecule has 94 valence electrons. The molecule has 4 nitrogen and oxygen atoms in total. The number of nitrogens with two attached hydrogens (primary N) is 1. The fourth-order valence-corrected chi connectivity index (χ4v) is 1.42. The van der Waals surface area contributed by atoms with Crippen LogP contribution in [0.25, 0.3) is 0 Å². The Bertz CT molecular complexity index is 365. The third kappa shape index (κ3) is 4.63. The molecule has 0 saturated heterocycles. The summed E-state index contributed by atoms with van der Waals surface area (Å²) in [5.74, 6) is 0.640. The van der Waals surface area contributed by atoms with E-state index in [0.29, 0.717) is 18.2 Å². The molecule has 0 aliphatic rings. The molecule has 0 spiro atoms. The molecule has 0 aliphatic carbocycles. The van der Waals surface area contributed by atoms with Gasteiger partial charge in [-0.3, -0.25) is 4.79 Å². The average molecular weight is 257 g/mol. The number of hydrogen-bond acceptors (Lipinski definition) is 3. The minimum Gasteiger partial charge on any atom is -0.492 e. The topological polar surface area (TPSA) is 55.6 Å². The first-order valence-electron chi connectivity index (χ1n) is 5.39. The second kappa shape index (κ2) is 6.47. The number of carbonyl (C=O) groups is 1. The van der Waals surface area contributed by atoms with Crippen molar-refractivity contribution in [1.29, 1.82) is 0 Å². The highest BCUT2D eigenvalue weighted by molar-refractivity contribution is 6.30. The number of hydrogen-bond donors (Lipinski definition) is 1. The van der Waals surface area contributed by atoms with Crippen molar-refractivity contribution in [2.24, 2.45) is 5.73 Å². The summed E-state index contributed by atoms with van der Waals surface area (Å²) in [6.45, 7) is 2.60. The molecule has 0 fully saturated rings. The predicted octanol–water partition coefficient (Wildman–Crippen LogP) is 1.52. The van der Waals surface area contributed by atoms with Gasteiger partial charge < -0.3 is 15.4 Å². The minimum absolute atomic E-state index is 0.0929. The zero-order valence-electron chi connectivity index (χ0n) is 10.0. The van der Waals surface area contributed by atoms with Crippen LogP contribution in [0.3, 0.4) is 0 Å². The van der Waals surface area contributed by atoms with Gasteiger partial charge in [0.1, 0.15) is 12.4 Å². The van der Waals surface area contributed by atoms with E-state index in [1.165, 1.54) is 0 Å². The fraction of sp³-hybridized carbons (Fsp3) is 0.417. The van der Waals surface area contributed by atoms with E-state index < -0.39 is 6.04 Å². The van der Waals surface area contributed by atoms with Gasteiger partial charge in [-0.1, -0.05) is 11.6 Å². The molecule has 1 aromatic rings. The van der Waals surface area contributed by atoms with Crippen LogP contribution in [0.2, 0.25) is 5.02 Å². The summed E-state index contributed by atoms with van der Waals surface area (Å²) in [5, 5.41) is 0.668. The molecule has 0 saturated carbocycles. The first kappa shape index (κ1) is 13.8. The zero-order chi connectivity index (χ0) is 12.8. The van der Waals surface area contributed by atoms with E-state index in [2.05, 4.69) is 0 Å². The van der Waals surface area contributed by atoms with Crippen LogP contribution in [-0.2, 0) is 4.79 Å². The Balaban J connectivity index is 2.33. The van der Waals surface area contributed by atoms with Gasteiger partial charge in [0.25, 0.3) is 0 Å². The van der Waals surface area contributed by atoms with Gasteiger partial charge in [-0.15, -0.1) is 0 Å². The molecule has 1 amide bonds. The first-order chi connectivity index (χ1) is 8.00. The normalized spacial score (nSPS) is 12.0. The summed E-state index contributed by atoms with van der Waals surface area (Å²) in [6.07, 6.45) is 0. The van der Waals surface area contributed by atoms with Crippen LogP contribution in [-0.4, -0.2) is 37.0 Å². The molecule has 0 radical (unpaired) electrons. The monoisotopic (exact) mass is 256 g/mol. The maximum atomic E-state index is 11.5. The number of nitrogens with zero attached hydrogens (tertiary/aromatic N) is 1. The van der Waals surface area contributed by atoms with Crippen molar-refractivity contribution < 1.29 is 9.53 Å². The Morgan fingerprint density at radius 1 is 1.47 bits per heavy atom. The van der Waals surface area contributed by atoms with Gasteiger partial charge >= 0.3 is 0 Å². The van der Waals surface area contributed by atoms with Gasteiger partial charge in [-0.05, 0) is 31.2 Å². The van der Waals surface area contributed by atoms with E-state index >= 15 is 0 Å². The zero-order valence-corrected chi connectivity index (χ0v) is 10.8. The van der Waals surface area contributed by atoms with Gasteiger partial charge in [0.2, 0.25) is 5.91 Å². The molecular formula is C12H17ClN2O2. The fourth-order valence-electron chi connectivity index (χ4n) is 1.29. The lowest BCUT2D eigenvalue weighted by Crippen LogP contribution is -2.41. The van der Waals surface area contributed by atoms with Crippen LogP contribution in [0.4, 0.5) is 0 Å². The Morgan fingerprint density at radius 2 is 2.06 bits per heavy atom. The van der Waals surface area contributed by atoms with E-state index in [1.807, 2.05) is 0 Å². The van der Waals surface area contributed by atoms with Crippen LogP contribution < -0.4 is 10.5 Å². The van der Waals surface area contributed by atoms with Crippen molar-refractivity contribution in [3.63, 3.8) is 0 Å². The van der Waals surface area contributed by atoms with Crippen molar-refractivity contribution >= 4 is 17.5 Å². The molecule has 1 rings (SSSR count). The van der Waals surface area contributed by atoms with Crippen molar-refractivity contribution in [2.75, 3.05) is 20.2 Å². The lowest BCUT2D eigenvalue weighted by atomic mass is 10.3. The highest BCUT2D eigenvalue weighted by Gasteiger charge is 2.12. The molecule has 17 heavy (non-hydrogen) atoms. The number of halogens is 1. The number of benzene rings is 1. The van der Waals surface area contributed by atoms with E-state index in [0.717, 1.165) is 5.75 Å². The Labute approximate surface area is 106 Å². The van der Waals surface area contributed by atoms with Gasteiger partial charge in [-0.2, -0.15) is 0 Å². The van der Waals surface area contributed by atoms with E-state index in [9.17, 15) is 4.79 Å². The van der Waals surface area contributed by atoms with Gasteiger partial charge in [0, 0.05) is 12.1 Å². The predicted molar refractivity (Wildman–Crippen MR) is 68.2 cm³/mol. The molecule has 0 heterocycles. The second-order valence-corrected chi connectivity index (χ2v) is 4.29. The highest BCUT2D eigenvalue weighted by atomic mass is 35.5. The van der Waals surface area contributed by atoms with Gasteiger partial charge in [0.15, 0.2) is 0 Å². The number of carbonyl (C=O) groups excluding carboxylic acids is 1. The molecular weight excluding hydrogens is 240 g/mol. The lowest BCUT2D eigenvalue weighted by molar-refractivity contribution is -0.131. The van der Waals surface area contributed by atoms with Crippen molar-refractivity contribution in [2.45, 2.75) is 13.0 Å². The van der Waals surface area contributed by atoms with Crippen LogP contribution >= 0.6 is 11.6 Å². The van der Waals surface area contributed by atoms with Gasteiger partial charge in [0.05, 0.1) is 12.6 Å². The van der Waals surface area contributed by atoms with Crippen LogP contribution in [0, 0.1) is 0 Å². The minimum atomic E-state index is -0.476. The standard InChI is InChI=1S/C12H17ClN2O2/c1-9(14)12(16)15(2)7-8-17-11-5-3-10(13)4-6-11/h3-6,9H,7-8,14H2,1-2H3/t9-/m0/s1. The molecule has 0 bridgehead atoms. The molecule has 1 aromatic carbocycles. The van der Waals surface area contributed by atoms with Crippen LogP contribution in [0.5, 0.6) is 5.75 Å². The average Bonchev–Trinajstić information content (AvgIpc) is 2.30. The number of amides is 1. The maximum absolute atomic E-state index is 11.5. The Kier molecular flexibility index (Phi) is 5.25. The van der Waals surface area contributed by atoms with Crippen molar-refractivity contribution in [3.8, 4) is 5.75 Å². The molecule has 5 heteroatoms. The largest absolute Gasteiger partial charge is 0.492 e. The van der Waals surface area contributed by atoms with Crippen molar-refractivity contribution in [1.82, 2.24) is 4.90 Å². The summed E-state index contributed by atoms with van der Waals surface area (Å²) in [7, 11) is 1.71. The summed E-state index contributed by atoms with van der Waals surface area (Å²) < 4.78 is 5.47. The number of rotatable bonds is 5. The van der Waals surface area contributed by atoms with Gasteiger partial charge in [-0.25, -0.2) is 0 Å². The SMILES string of the molecule is C[C@H](N)C(=O)N(C)CCOc1ccc(Cl)cc1. The Morgan fingerprint density at radius 3 is 2.59 bits per heavy atom. The molecule has 0 aromatic heterocycles. The maximum Gasteiger partial charge on any atom is 0.239 e. The van der Waals surface area contributed by atoms with E-state index in [4.69, 9.17) is 22.1 Å². The third-order valence-corrected chi connectivity index (χ3v) is 2.53. The third-order valence-electron chi connectivity index (χ3n) is 2.27. The van der Waals surface area contributed by atoms with Crippen LogP contribution in [0.1, 0.15) is 6.92 Å². The summed E-state index contributed by atoms with van der Waals surface area (Å²) in [5.41, 5.74) is 5.49. The smallest absolute Gasteiger partial charge is 0.239 e. The lowest BCUT2D eigenvalue weighted by Gasteiger charge is -2.19. The molecule has 2 N–H and O–H groups in total. The molecule has 1 atom stereocenters. The summed E-state index contributed by atoms with van der Waals surface area (Å²) >= 11 is 5.75.